The number of rotatable bonds is 26. The van der Waals surface area contributed by atoms with E-state index in [2.05, 4.69) is 60.7 Å². The predicted molar refractivity (Wildman–Crippen MR) is 302 cm³/mol. The van der Waals surface area contributed by atoms with E-state index in [9.17, 15) is 0 Å². The Morgan fingerprint density at radius 3 is 1.09 bits per heavy atom. The first-order valence-electron chi connectivity index (χ1n) is 26.5. The van der Waals surface area contributed by atoms with Crippen molar-refractivity contribution in [3.8, 4) is 0 Å². The topological polar surface area (TPSA) is 105 Å². The van der Waals surface area contributed by atoms with E-state index in [1.807, 2.05) is 152 Å². The molecule has 0 saturated carbocycles. The van der Waals surface area contributed by atoms with Crippen LogP contribution in [-0.2, 0) is 93.6 Å². The highest BCUT2D eigenvalue weighted by molar-refractivity contribution is 8.39. The molecule has 77 heavy (non-hydrogen) atoms. The minimum absolute atomic E-state index is 0.0289. The lowest BCUT2D eigenvalue weighted by Gasteiger charge is -2.48. The number of aliphatic imine (C=N–C) groups is 1. The smallest absolute Gasteiger partial charge is 0.187 e. The van der Waals surface area contributed by atoms with Crippen LogP contribution in [0.5, 0.6) is 0 Å². The maximum Gasteiger partial charge on any atom is 0.187 e. The molecule has 7 aromatic carbocycles. The fourth-order valence-corrected chi connectivity index (χ4v) is 11.8. The molecule has 0 unspecified atom stereocenters. The van der Waals surface area contributed by atoms with Crippen molar-refractivity contribution in [1.29, 1.82) is 0 Å². The van der Waals surface area contributed by atoms with Crippen molar-refractivity contribution < 1.29 is 47.4 Å². The molecule has 3 aliphatic rings. The van der Waals surface area contributed by atoms with Crippen LogP contribution in [0.1, 0.15) is 38.9 Å². The molecular formula is C64H67NO10S2. The highest BCUT2D eigenvalue weighted by atomic mass is 32.2. The van der Waals surface area contributed by atoms with E-state index in [1.165, 1.54) is 0 Å². The monoisotopic (exact) mass is 1070 g/mol. The van der Waals surface area contributed by atoms with Crippen molar-refractivity contribution in [3.05, 3.63) is 251 Å². The molecule has 10 rings (SSSR count). The van der Waals surface area contributed by atoms with Crippen LogP contribution in [0.15, 0.2) is 217 Å². The van der Waals surface area contributed by atoms with E-state index in [-0.39, 0.29) is 19.8 Å². The first-order valence-corrected chi connectivity index (χ1v) is 28.4. The second kappa shape index (κ2) is 29.5. The van der Waals surface area contributed by atoms with Crippen LogP contribution in [-0.4, -0.2) is 90.4 Å². The molecule has 10 atom stereocenters. The third-order valence-electron chi connectivity index (χ3n) is 13.5. The molecule has 0 bridgehead atoms. The van der Waals surface area contributed by atoms with Crippen molar-refractivity contribution in [2.24, 2.45) is 4.99 Å². The van der Waals surface area contributed by atoms with Crippen LogP contribution < -0.4 is 0 Å². The number of benzene rings is 7. The van der Waals surface area contributed by atoms with Gasteiger partial charge >= 0.3 is 0 Å². The fraction of sp³-hybridized carbons (Fsp3) is 0.328. The molecule has 0 amide bonds. The second-order valence-corrected chi connectivity index (χ2v) is 21.5. The van der Waals surface area contributed by atoms with E-state index in [1.54, 1.807) is 23.5 Å². The normalized spacial score (nSPS) is 24.3. The van der Waals surface area contributed by atoms with E-state index < -0.39 is 60.6 Å². The van der Waals surface area contributed by atoms with Crippen molar-refractivity contribution in [2.45, 2.75) is 107 Å². The molecule has 0 radical (unpaired) electrons. The molecule has 400 valence electrons. The average molecular weight is 1070 g/mol. The third-order valence-corrected chi connectivity index (χ3v) is 15.8. The summed E-state index contributed by atoms with van der Waals surface area (Å²) in [6.07, 6.45) is -6.35. The molecule has 11 nitrogen and oxygen atoms in total. The Balaban J connectivity index is 1.00. The summed E-state index contributed by atoms with van der Waals surface area (Å²) >= 11 is 3.29. The fourth-order valence-electron chi connectivity index (χ4n) is 9.53. The Bertz CT molecular complexity index is 2770. The van der Waals surface area contributed by atoms with E-state index in [4.69, 9.17) is 52.4 Å². The zero-order chi connectivity index (χ0) is 52.1. The van der Waals surface area contributed by atoms with Gasteiger partial charge in [0.25, 0.3) is 0 Å². The number of ether oxygens (including phenoxy) is 10. The van der Waals surface area contributed by atoms with Crippen LogP contribution >= 0.6 is 23.5 Å². The van der Waals surface area contributed by atoms with Gasteiger partial charge in [-0.25, -0.2) is 0 Å². The Kier molecular flexibility index (Phi) is 21.0. The predicted octanol–water partition coefficient (Wildman–Crippen LogP) is 12.0. The number of nitrogens with zero attached hydrogens (tertiary/aromatic N) is 1. The molecule has 3 aliphatic heterocycles. The van der Waals surface area contributed by atoms with Gasteiger partial charge in [0.05, 0.1) is 66.0 Å². The molecule has 2 saturated heterocycles. The quantitative estimate of drug-likeness (QED) is 0.0516. The van der Waals surface area contributed by atoms with Gasteiger partial charge < -0.3 is 47.4 Å². The lowest BCUT2D eigenvalue weighted by atomic mass is 9.97. The molecule has 0 aromatic heterocycles. The number of hydrogen-bond acceptors (Lipinski definition) is 13. The maximum atomic E-state index is 7.31. The highest BCUT2D eigenvalue weighted by Crippen LogP contribution is 2.40. The molecule has 2 fully saturated rings. The summed E-state index contributed by atoms with van der Waals surface area (Å²) in [6, 6.07) is 71.0. The summed E-state index contributed by atoms with van der Waals surface area (Å²) in [4.78, 5) is 4.87. The van der Waals surface area contributed by atoms with E-state index in [0.29, 0.717) is 39.6 Å². The zero-order valence-corrected chi connectivity index (χ0v) is 44.7. The number of hydrogen-bond donors (Lipinski definition) is 0. The number of thioether (sulfide) groups is 2. The second-order valence-electron chi connectivity index (χ2n) is 19.1. The molecule has 3 heterocycles. The highest BCUT2D eigenvalue weighted by Gasteiger charge is 2.52. The summed E-state index contributed by atoms with van der Waals surface area (Å²) < 4.78 is 71.4. The Morgan fingerprint density at radius 2 is 0.701 bits per heavy atom. The Labute approximate surface area is 461 Å². The Morgan fingerprint density at radius 1 is 0.364 bits per heavy atom. The molecule has 0 N–H and O–H groups in total. The van der Waals surface area contributed by atoms with Gasteiger partial charge in [0, 0.05) is 5.75 Å². The van der Waals surface area contributed by atoms with Crippen molar-refractivity contribution >= 4 is 27.9 Å². The van der Waals surface area contributed by atoms with Gasteiger partial charge in [0.1, 0.15) is 58.6 Å². The van der Waals surface area contributed by atoms with E-state index >= 15 is 0 Å². The van der Waals surface area contributed by atoms with Gasteiger partial charge in [-0.3, -0.25) is 4.99 Å². The van der Waals surface area contributed by atoms with Gasteiger partial charge in [0.2, 0.25) is 0 Å². The third kappa shape index (κ3) is 16.3. The lowest BCUT2D eigenvalue weighted by molar-refractivity contribution is -0.337. The first-order chi connectivity index (χ1) is 38.2. The minimum atomic E-state index is -0.989. The first kappa shape index (κ1) is 54.8. The molecular weight excluding hydrogens is 1010 g/mol. The summed E-state index contributed by atoms with van der Waals surface area (Å²) in [5.41, 5.74) is 6.56. The van der Waals surface area contributed by atoms with Crippen LogP contribution in [0.4, 0.5) is 0 Å². The molecule has 13 heteroatoms. The van der Waals surface area contributed by atoms with Crippen molar-refractivity contribution in [2.75, 3.05) is 25.5 Å². The molecule has 7 aromatic rings. The maximum absolute atomic E-state index is 7.31. The molecule has 0 aliphatic carbocycles. The van der Waals surface area contributed by atoms with Gasteiger partial charge in [-0.2, -0.15) is 0 Å². The van der Waals surface area contributed by atoms with Crippen molar-refractivity contribution in [3.63, 3.8) is 0 Å². The summed E-state index contributed by atoms with van der Waals surface area (Å²) in [7, 11) is 0. The van der Waals surface area contributed by atoms with Gasteiger partial charge in [-0.15, -0.1) is 0 Å². The van der Waals surface area contributed by atoms with Gasteiger partial charge in [0.15, 0.2) is 6.29 Å². The standard InChI is InChI=1S/C64H67NO10S2/c1-8-22-47(23-9-1)38-66-45-54-56(67-39-48-24-10-2-11-25-48)58(69-41-50-28-14-4-15-29-50)60(71-43-52-32-18-6-19-33-52)62(74-54)73-46-55-57(68-40-49-26-12-3-13-27-49)59(70-42-51-30-16-5-17-31-51)61(72-44-53-34-20-7-21-35-53)63(75-55)77-64-65-36-37-76-64/h1-35,54-63H,36-46H2/t54-,55-,56-,57-,58+,59+,60-,61-,62-,63+/m1/s1. The van der Waals surface area contributed by atoms with Crippen LogP contribution in [0.2, 0.25) is 0 Å². The average Bonchev–Trinajstić information content (AvgIpc) is 4.02. The summed E-state index contributed by atoms with van der Waals surface area (Å²) in [5, 5.41) is 0. The summed E-state index contributed by atoms with van der Waals surface area (Å²) in [6.45, 7) is 3.13. The Hall–Kier alpha value is -5.49. The minimum Gasteiger partial charge on any atom is -0.374 e. The van der Waals surface area contributed by atoms with E-state index in [0.717, 1.165) is 55.6 Å². The van der Waals surface area contributed by atoms with Crippen LogP contribution in [0, 0.1) is 0 Å². The molecule has 0 spiro atoms. The summed E-state index contributed by atoms with van der Waals surface area (Å²) in [5.74, 6) is 0.900. The lowest BCUT2D eigenvalue weighted by Crippen LogP contribution is -2.63. The van der Waals surface area contributed by atoms with Gasteiger partial charge in [-0.05, 0) is 38.9 Å². The SMILES string of the molecule is c1ccc(COC[C@H]2O[C@@H](OC[C@H]3O[C@@H](SC4=NCCS4)[C@H](OCc4ccccc4)[C@@H](OCc4ccccc4)[C@@H]3OCc3ccccc3)[C@H](OCc3ccccc3)[C@@H](OCc3ccccc3)[C@@H]2OCc2ccccc2)cc1. The largest absolute Gasteiger partial charge is 0.374 e. The van der Waals surface area contributed by atoms with Crippen molar-refractivity contribution in [1.82, 2.24) is 0 Å². The van der Waals surface area contributed by atoms with Crippen LogP contribution in [0.25, 0.3) is 0 Å². The van der Waals surface area contributed by atoms with Gasteiger partial charge in [-0.1, -0.05) is 236 Å². The van der Waals surface area contributed by atoms with Crippen LogP contribution in [0.3, 0.4) is 0 Å². The zero-order valence-electron chi connectivity index (χ0n) is 43.1.